The minimum Gasteiger partial charge on any atom is -0.495 e. The number of methoxy groups -OCH3 is 1. The maximum Gasteiger partial charge on any atom is 0.237 e. The summed E-state index contributed by atoms with van der Waals surface area (Å²) in [5, 5.41) is 23.7. The van der Waals surface area contributed by atoms with Crippen molar-refractivity contribution in [1.29, 1.82) is 10.5 Å². The Balaban J connectivity index is 2.90. The van der Waals surface area contributed by atoms with Gasteiger partial charge in [0.1, 0.15) is 17.9 Å². The summed E-state index contributed by atoms with van der Waals surface area (Å²) in [4.78, 5) is 11.8. The van der Waals surface area contributed by atoms with Crippen LogP contribution in [-0.4, -0.2) is 18.7 Å². The lowest BCUT2D eigenvalue weighted by Crippen LogP contribution is -2.12. The summed E-state index contributed by atoms with van der Waals surface area (Å²) >= 11 is 0. The van der Waals surface area contributed by atoms with E-state index in [1.807, 2.05) is 6.92 Å². The Morgan fingerprint density at radius 2 is 2.09 bits per heavy atom. The number of anilines is 2. The zero-order valence-corrected chi connectivity index (χ0v) is 12.5. The lowest BCUT2D eigenvalue weighted by atomic mass is 10.2. The number of hydrogen-bond donors (Lipinski definition) is 2. The van der Waals surface area contributed by atoms with Gasteiger partial charge in [-0.3, -0.25) is 10.2 Å². The molecule has 0 heterocycles. The van der Waals surface area contributed by atoms with Gasteiger partial charge in [-0.1, -0.05) is 13.3 Å². The predicted molar refractivity (Wildman–Crippen MR) is 83.4 cm³/mol. The van der Waals surface area contributed by atoms with Crippen LogP contribution in [0.2, 0.25) is 0 Å². The van der Waals surface area contributed by atoms with E-state index in [9.17, 15) is 4.79 Å². The predicted octanol–water partition coefficient (Wildman–Crippen LogP) is 2.64. The molecule has 0 aliphatic carbocycles. The van der Waals surface area contributed by atoms with Gasteiger partial charge in [0.15, 0.2) is 0 Å². The monoisotopic (exact) mass is 299 g/mol. The van der Waals surface area contributed by atoms with Crippen molar-refractivity contribution >= 4 is 23.0 Å². The third-order valence-corrected chi connectivity index (χ3v) is 2.74. The first-order valence-electron chi connectivity index (χ1n) is 6.76. The van der Waals surface area contributed by atoms with Crippen molar-refractivity contribution in [2.75, 3.05) is 17.9 Å². The molecule has 0 bridgehead atoms. The van der Waals surface area contributed by atoms with Crippen LogP contribution in [0.3, 0.4) is 0 Å². The quantitative estimate of drug-likeness (QED) is 0.594. The average molecular weight is 299 g/mol. The summed E-state index contributed by atoms with van der Waals surface area (Å²) in [6.45, 7) is 2.01. The molecule has 2 N–H and O–H groups in total. The van der Waals surface area contributed by atoms with Crippen molar-refractivity contribution < 1.29 is 9.53 Å². The van der Waals surface area contributed by atoms with Crippen LogP contribution < -0.4 is 15.5 Å². The van der Waals surface area contributed by atoms with Crippen LogP contribution in [-0.2, 0) is 4.79 Å². The summed E-state index contributed by atoms with van der Waals surface area (Å²) in [5.41, 5.74) is 3.33. The first-order chi connectivity index (χ1) is 10.6. The van der Waals surface area contributed by atoms with Gasteiger partial charge in [0, 0.05) is 6.42 Å². The molecule has 0 saturated carbocycles. The molecule has 0 saturated heterocycles. The van der Waals surface area contributed by atoms with E-state index in [-0.39, 0.29) is 11.6 Å². The van der Waals surface area contributed by atoms with Crippen LogP contribution in [0.15, 0.2) is 23.3 Å². The molecule has 7 nitrogen and oxygen atoms in total. The lowest BCUT2D eigenvalue weighted by molar-refractivity contribution is -0.116. The molecule has 0 unspecified atom stereocenters. The number of hydrazone groups is 1. The largest absolute Gasteiger partial charge is 0.495 e. The number of nitrogens with one attached hydrogen (secondary N) is 2. The number of carbonyl (C=O) groups is 1. The fourth-order valence-corrected chi connectivity index (χ4v) is 1.62. The molecule has 7 heteroatoms. The van der Waals surface area contributed by atoms with Gasteiger partial charge in [0.05, 0.1) is 18.5 Å². The third kappa shape index (κ3) is 5.14. The number of rotatable bonds is 7. The third-order valence-electron chi connectivity index (χ3n) is 2.74. The van der Waals surface area contributed by atoms with Crippen molar-refractivity contribution in [2.24, 2.45) is 5.10 Å². The number of hydrogen-bond acceptors (Lipinski definition) is 6. The Bertz CT molecular complexity index is 624. The first kappa shape index (κ1) is 17.0. The van der Waals surface area contributed by atoms with E-state index in [0.29, 0.717) is 23.5 Å². The van der Waals surface area contributed by atoms with Crippen molar-refractivity contribution in [3.8, 4) is 17.9 Å². The van der Waals surface area contributed by atoms with Gasteiger partial charge in [-0.15, -0.1) is 0 Å². The van der Waals surface area contributed by atoms with E-state index in [1.165, 1.54) is 7.11 Å². The fraction of sp³-hybridized carbons (Fsp3) is 0.333. The molecular formula is C15H17N5O2. The number of ether oxygens (including phenoxy) is 1. The second-order valence-corrected chi connectivity index (χ2v) is 4.36. The van der Waals surface area contributed by atoms with Crippen molar-refractivity contribution in [3.05, 3.63) is 18.2 Å². The molecule has 0 aliphatic heterocycles. The van der Waals surface area contributed by atoms with Crippen LogP contribution in [0.25, 0.3) is 0 Å². The van der Waals surface area contributed by atoms with Gasteiger partial charge >= 0.3 is 0 Å². The standard InChI is InChI=1S/C15H17N5O2/c1-3-4-5-15(21)18-13-8-11(6-7-14(13)22-2)19-20-12(9-16)10-17/h6-8,19H,3-5H2,1-2H3,(H,18,21). The number of amides is 1. The van der Waals surface area contributed by atoms with Crippen LogP contribution in [0.1, 0.15) is 26.2 Å². The summed E-state index contributed by atoms with van der Waals surface area (Å²) < 4.78 is 5.19. The van der Waals surface area contributed by atoms with E-state index in [1.54, 1.807) is 30.3 Å². The normalized spacial score (nSPS) is 9.09. The van der Waals surface area contributed by atoms with Crippen LogP contribution in [0.5, 0.6) is 5.75 Å². The SMILES string of the molecule is CCCCC(=O)Nc1cc(NN=C(C#N)C#N)ccc1OC. The summed E-state index contributed by atoms with van der Waals surface area (Å²) in [6.07, 6.45) is 2.18. The highest BCUT2D eigenvalue weighted by Crippen LogP contribution is 2.28. The Kier molecular flexibility index (Phi) is 6.94. The molecule has 1 aromatic rings. The average Bonchev–Trinajstić information content (AvgIpc) is 2.54. The molecular weight excluding hydrogens is 282 g/mol. The summed E-state index contributed by atoms with van der Waals surface area (Å²) in [5.74, 6) is 0.413. The van der Waals surface area contributed by atoms with Crippen molar-refractivity contribution in [2.45, 2.75) is 26.2 Å². The van der Waals surface area contributed by atoms with Gasteiger partial charge in [-0.25, -0.2) is 0 Å². The Morgan fingerprint density at radius 3 is 2.68 bits per heavy atom. The zero-order chi connectivity index (χ0) is 16.4. The van der Waals surface area contributed by atoms with Crippen molar-refractivity contribution in [1.82, 2.24) is 0 Å². The highest BCUT2D eigenvalue weighted by Gasteiger charge is 2.08. The van der Waals surface area contributed by atoms with Crippen molar-refractivity contribution in [3.63, 3.8) is 0 Å². The maximum atomic E-state index is 11.8. The van der Waals surface area contributed by atoms with Gasteiger partial charge in [-0.05, 0) is 24.6 Å². The molecule has 114 valence electrons. The Labute approximate surface area is 129 Å². The number of nitrogens with zero attached hydrogens (tertiary/aromatic N) is 3. The second-order valence-electron chi connectivity index (χ2n) is 4.36. The highest BCUT2D eigenvalue weighted by molar-refractivity contribution is 6.10. The van der Waals surface area contributed by atoms with E-state index in [4.69, 9.17) is 15.3 Å². The highest BCUT2D eigenvalue weighted by atomic mass is 16.5. The molecule has 0 aromatic heterocycles. The van der Waals surface area contributed by atoms with Gasteiger partial charge in [0.25, 0.3) is 0 Å². The Hall–Kier alpha value is -3.06. The molecule has 22 heavy (non-hydrogen) atoms. The molecule has 1 aromatic carbocycles. The smallest absolute Gasteiger partial charge is 0.237 e. The topological polar surface area (TPSA) is 110 Å². The second kappa shape index (κ2) is 8.98. The molecule has 1 rings (SSSR count). The Morgan fingerprint density at radius 1 is 1.36 bits per heavy atom. The molecule has 0 spiro atoms. The minimum absolute atomic E-state index is 0.101. The number of benzene rings is 1. The van der Waals surface area contributed by atoms with E-state index in [2.05, 4.69) is 15.8 Å². The molecule has 0 aliphatic rings. The molecule has 0 fully saturated rings. The van der Waals surface area contributed by atoms with E-state index >= 15 is 0 Å². The summed E-state index contributed by atoms with van der Waals surface area (Å²) in [7, 11) is 1.51. The van der Waals surface area contributed by atoms with Crippen LogP contribution >= 0.6 is 0 Å². The fourth-order valence-electron chi connectivity index (χ4n) is 1.62. The zero-order valence-electron chi connectivity index (χ0n) is 12.5. The van der Waals surface area contributed by atoms with Gasteiger partial charge in [-0.2, -0.15) is 15.6 Å². The van der Waals surface area contributed by atoms with Crippen LogP contribution in [0.4, 0.5) is 11.4 Å². The number of carbonyl (C=O) groups excluding carboxylic acids is 1. The molecule has 0 atom stereocenters. The van der Waals surface area contributed by atoms with Gasteiger partial charge in [0.2, 0.25) is 11.6 Å². The lowest BCUT2D eigenvalue weighted by Gasteiger charge is -2.11. The van der Waals surface area contributed by atoms with Gasteiger partial charge < -0.3 is 10.1 Å². The van der Waals surface area contributed by atoms with Crippen LogP contribution in [0, 0.1) is 22.7 Å². The van der Waals surface area contributed by atoms with E-state index < -0.39 is 0 Å². The first-order valence-corrected chi connectivity index (χ1v) is 6.76. The number of nitriles is 2. The summed E-state index contributed by atoms with van der Waals surface area (Å²) in [6, 6.07) is 8.24. The molecule has 0 radical (unpaired) electrons. The number of unbranched alkanes of at least 4 members (excludes halogenated alkanes) is 1. The van der Waals surface area contributed by atoms with E-state index in [0.717, 1.165) is 12.8 Å². The maximum absolute atomic E-state index is 11.8. The molecule has 1 amide bonds. The minimum atomic E-state index is -0.288.